The molecule has 0 N–H and O–H groups in total. The number of carbonyl (C=O) groups is 1. The summed E-state index contributed by atoms with van der Waals surface area (Å²) < 4.78 is 17.5. The van der Waals surface area contributed by atoms with Gasteiger partial charge in [-0.1, -0.05) is 6.07 Å². The molecule has 1 aromatic carbocycles. The van der Waals surface area contributed by atoms with Crippen LogP contribution in [-0.2, 0) is 13.6 Å². The Hall–Kier alpha value is -2.96. The third-order valence-electron chi connectivity index (χ3n) is 3.95. The summed E-state index contributed by atoms with van der Waals surface area (Å²) in [7, 11) is 1.82. The van der Waals surface area contributed by atoms with Crippen LogP contribution >= 0.6 is 0 Å². The van der Waals surface area contributed by atoms with Crippen molar-refractivity contribution in [1.82, 2.24) is 24.0 Å². The van der Waals surface area contributed by atoms with E-state index in [2.05, 4.69) is 9.97 Å². The molecule has 0 saturated heterocycles. The minimum atomic E-state index is -0.339. The average molecular weight is 341 g/mol. The molecule has 3 rings (SSSR count). The Balaban J connectivity index is 1.88. The molecule has 7 heteroatoms. The number of aryl methyl sites for hydroxylation is 1. The largest absolute Gasteiger partial charge is 0.340 e. The maximum Gasteiger partial charge on any atom is 0.274 e. The van der Waals surface area contributed by atoms with Crippen LogP contribution in [0.2, 0.25) is 0 Å². The zero-order valence-electron chi connectivity index (χ0n) is 14.4. The highest BCUT2D eigenvalue weighted by Crippen LogP contribution is 2.18. The molecule has 3 aromatic rings. The SMILES string of the molecule is CC(C)N(Cc1ccc(F)c(-n2ccnc2)c1)C(=O)c1cn(C)cn1. The van der Waals surface area contributed by atoms with Crippen molar-refractivity contribution in [2.45, 2.75) is 26.4 Å². The summed E-state index contributed by atoms with van der Waals surface area (Å²) in [5, 5.41) is 0. The lowest BCUT2D eigenvalue weighted by atomic mass is 10.1. The zero-order chi connectivity index (χ0) is 18.0. The number of halogens is 1. The highest BCUT2D eigenvalue weighted by Gasteiger charge is 2.21. The monoisotopic (exact) mass is 341 g/mol. The lowest BCUT2D eigenvalue weighted by molar-refractivity contribution is 0.0684. The number of amides is 1. The van der Waals surface area contributed by atoms with Gasteiger partial charge in [-0.2, -0.15) is 0 Å². The molecule has 1 amide bonds. The van der Waals surface area contributed by atoms with Gasteiger partial charge in [0, 0.05) is 38.2 Å². The molecule has 0 spiro atoms. The third-order valence-corrected chi connectivity index (χ3v) is 3.95. The van der Waals surface area contributed by atoms with Crippen molar-refractivity contribution in [3.63, 3.8) is 0 Å². The Morgan fingerprint density at radius 2 is 2.12 bits per heavy atom. The van der Waals surface area contributed by atoms with E-state index in [-0.39, 0.29) is 17.8 Å². The first-order chi connectivity index (χ1) is 12.0. The Morgan fingerprint density at radius 3 is 2.72 bits per heavy atom. The van der Waals surface area contributed by atoms with Crippen LogP contribution < -0.4 is 0 Å². The summed E-state index contributed by atoms with van der Waals surface area (Å²) in [6, 6.07) is 4.82. The van der Waals surface area contributed by atoms with Crippen molar-refractivity contribution in [3.05, 3.63) is 66.5 Å². The fourth-order valence-electron chi connectivity index (χ4n) is 2.61. The third kappa shape index (κ3) is 3.60. The summed E-state index contributed by atoms with van der Waals surface area (Å²) in [6.07, 6.45) is 8.11. The molecule has 0 unspecified atom stereocenters. The van der Waals surface area contributed by atoms with Gasteiger partial charge in [-0.3, -0.25) is 4.79 Å². The van der Waals surface area contributed by atoms with Gasteiger partial charge >= 0.3 is 0 Å². The van der Waals surface area contributed by atoms with Crippen LogP contribution in [0.3, 0.4) is 0 Å². The van der Waals surface area contributed by atoms with Crippen molar-refractivity contribution in [3.8, 4) is 5.69 Å². The smallest absolute Gasteiger partial charge is 0.274 e. The van der Waals surface area contributed by atoms with Crippen LogP contribution in [0.4, 0.5) is 4.39 Å². The normalized spacial score (nSPS) is 11.1. The van der Waals surface area contributed by atoms with E-state index < -0.39 is 0 Å². The van der Waals surface area contributed by atoms with Crippen molar-refractivity contribution in [1.29, 1.82) is 0 Å². The number of aromatic nitrogens is 4. The molecule has 0 aliphatic heterocycles. The standard InChI is InChI=1S/C18H20FN5O/c1-13(2)24(18(25)16-10-22(3)12-21-16)9-14-4-5-15(19)17(8-14)23-7-6-20-11-23/h4-8,10-13H,9H2,1-3H3. The van der Waals surface area contributed by atoms with Crippen molar-refractivity contribution >= 4 is 5.91 Å². The Kier molecular flexibility index (Phi) is 4.65. The Labute approximate surface area is 145 Å². The van der Waals surface area contributed by atoms with Gasteiger partial charge in [-0.25, -0.2) is 14.4 Å². The number of hydrogen-bond acceptors (Lipinski definition) is 3. The van der Waals surface area contributed by atoms with E-state index >= 15 is 0 Å². The predicted octanol–water partition coefficient (Wildman–Crippen LogP) is 2.80. The van der Waals surface area contributed by atoms with Crippen LogP contribution in [0.15, 0.2) is 49.4 Å². The fourth-order valence-corrected chi connectivity index (χ4v) is 2.61. The topological polar surface area (TPSA) is 56.0 Å². The molecule has 0 atom stereocenters. The van der Waals surface area contributed by atoms with Gasteiger partial charge in [-0.05, 0) is 31.5 Å². The number of nitrogens with zero attached hydrogens (tertiary/aromatic N) is 5. The zero-order valence-corrected chi connectivity index (χ0v) is 14.4. The number of imidazole rings is 2. The van der Waals surface area contributed by atoms with Gasteiger partial charge in [-0.15, -0.1) is 0 Å². The lowest BCUT2D eigenvalue weighted by Crippen LogP contribution is -2.36. The van der Waals surface area contributed by atoms with Gasteiger partial charge in [0.1, 0.15) is 11.5 Å². The van der Waals surface area contributed by atoms with E-state index in [1.54, 1.807) is 57.4 Å². The first-order valence-electron chi connectivity index (χ1n) is 8.01. The van der Waals surface area contributed by atoms with Gasteiger partial charge < -0.3 is 14.0 Å². The van der Waals surface area contributed by atoms with E-state index in [1.165, 1.54) is 6.07 Å². The molecule has 25 heavy (non-hydrogen) atoms. The summed E-state index contributed by atoms with van der Waals surface area (Å²) >= 11 is 0. The summed E-state index contributed by atoms with van der Waals surface area (Å²) in [6.45, 7) is 4.26. The Bertz CT molecular complexity index is 869. The number of rotatable bonds is 5. The van der Waals surface area contributed by atoms with Gasteiger partial charge in [0.25, 0.3) is 5.91 Å². The van der Waals surface area contributed by atoms with Crippen LogP contribution in [0, 0.1) is 5.82 Å². The fraction of sp³-hybridized carbons (Fsp3) is 0.278. The predicted molar refractivity (Wildman–Crippen MR) is 91.7 cm³/mol. The summed E-state index contributed by atoms with van der Waals surface area (Å²) in [5.41, 5.74) is 1.64. The molecule has 0 bridgehead atoms. The number of hydrogen-bond donors (Lipinski definition) is 0. The molecule has 2 aromatic heterocycles. The molecule has 0 radical (unpaired) electrons. The van der Waals surface area contributed by atoms with Crippen LogP contribution in [0.25, 0.3) is 5.69 Å². The van der Waals surface area contributed by atoms with Gasteiger partial charge in [0.05, 0.1) is 18.3 Å². The highest BCUT2D eigenvalue weighted by atomic mass is 19.1. The highest BCUT2D eigenvalue weighted by molar-refractivity contribution is 5.92. The lowest BCUT2D eigenvalue weighted by Gasteiger charge is -2.26. The van der Waals surface area contributed by atoms with E-state index in [4.69, 9.17) is 0 Å². The number of carbonyl (C=O) groups excluding carboxylic acids is 1. The van der Waals surface area contributed by atoms with Gasteiger partial charge in [0.15, 0.2) is 0 Å². The second kappa shape index (κ2) is 6.88. The second-order valence-electron chi connectivity index (χ2n) is 6.21. The van der Waals surface area contributed by atoms with Crippen LogP contribution in [-0.4, -0.2) is 36.0 Å². The molecular weight excluding hydrogens is 321 g/mol. The average Bonchev–Trinajstić information content (AvgIpc) is 3.24. The van der Waals surface area contributed by atoms with Crippen molar-refractivity contribution < 1.29 is 9.18 Å². The van der Waals surface area contributed by atoms with Crippen LogP contribution in [0.5, 0.6) is 0 Å². The van der Waals surface area contributed by atoms with Crippen molar-refractivity contribution in [2.24, 2.45) is 7.05 Å². The van der Waals surface area contributed by atoms with Gasteiger partial charge in [0.2, 0.25) is 0 Å². The molecule has 2 heterocycles. The molecular formula is C18H20FN5O. The minimum absolute atomic E-state index is 0.0174. The minimum Gasteiger partial charge on any atom is -0.340 e. The molecule has 0 aliphatic carbocycles. The summed E-state index contributed by atoms with van der Waals surface area (Å²) in [4.78, 5) is 22.5. The maximum atomic E-state index is 14.1. The van der Waals surface area contributed by atoms with E-state index in [0.717, 1.165) is 5.56 Å². The first-order valence-corrected chi connectivity index (χ1v) is 8.01. The quantitative estimate of drug-likeness (QED) is 0.717. The van der Waals surface area contributed by atoms with Crippen molar-refractivity contribution in [2.75, 3.05) is 0 Å². The molecule has 0 aliphatic rings. The molecule has 0 saturated carbocycles. The first kappa shape index (κ1) is 16.9. The Morgan fingerprint density at radius 1 is 1.32 bits per heavy atom. The van der Waals surface area contributed by atoms with Crippen LogP contribution in [0.1, 0.15) is 29.9 Å². The molecule has 6 nitrogen and oxygen atoms in total. The summed E-state index contributed by atoms with van der Waals surface area (Å²) in [5.74, 6) is -0.488. The molecule has 0 fully saturated rings. The number of benzene rings is 1. The van der Waals surface area contributed by atoms with E-state index in [0.29, 0.717) is 17.9 Å². The molecule has 130 valence electrons. The van der Waals surface area contributed by atoms with E-state index in [9.17, 15) is 9.18 Å². The van der Waals surface area contributed by atoms with E-state index in [1.807, 2.05) is 20.9 Å². The second-order valence-corrected chi connectivity index (χ2v) is 6.21. The maximum absolute atomic E-state index is 14.1.